The summed E-state index contributed by atoms with van der Waals surface area (Å²) >= 11 is 3.37. The average Bonchev–Trinajstić information content (AvgIpc) is 2.74. The highest BCUT2D eigenvalue weighted by Gasteiger charge is 2.26. The molecule has 0 aliphatic heterocycles. The molecule has 0 fully saturated rings. The van der Waals surface area contributed by atoms with E-state index in [2.05, 4.69) is 31.4 Å². The highest BCUT2D eigenvalue weighted by Crippen LogP contribution is 2.28. The van der Waals surface area contributed by atoms with Gasteiger partial charge in [0.25, 0.3) is 0 Å². The van der Waals surface area contributed by atoms with E-state index >= 15 is 0 Å². The Hall–Kier alpha value is -1.69. The Bertz CT molecular complexity index is 605. The molecule has 0 aliphatic rings. The van der Waals surface area contributed by atoms with Crippen LogP contribution < -0.4 is 5.32 Å². The summed E-state index contributed by atoms with van der Waals surface area (Å²) in [5.41, 5.74) is 1.61. The largest absolute Gasteiger partial charge is 0.361 e. The Kier molecular flexibility index (Phi) is 4.54. The normalized spacial score (nSPS) is 12.2. The summed E-state index contributed by atoms with van der Waals surface area (Å²) in [7, 11) is 0. The van der Waals surface area contributed by atoms with E-state index in [0.717, 1.165) is 15.7 Å². The van der Waals surface area contributed by atoms with Crippen LogP contribution in [0.1, 0.15) is 36.3 Å². The molecule has 0 aromatic carbocycles. The molecule has 1 unspecified atom stereocenters. The number of aromatic nitrogens is 2. The number of carbonyl (C=O) groups is 1. The zero-order valence-electron chi connectivity index (χ0n) is 11.6. The molecule has 6 heteroatoms. The maximum Gasteiger partial charge on any atom is 0.233 e. The second-order valence-electron chi connectivity index (χ2n) is 4.52. The molecule has 2 heterocycles. The summed E-state index contributed by atoms with van der Waals surface area (Å²) in [5, 5.41) is 6.75. The average molecular weight is 338 g/mol. The Morgan fingerprint density at radius 1 is 1.50 bits per heavy atom. The van der Waals surface area contributed by atoms with Crippen molar-refractivity contribution in [3.05, 3.63) is 39.8 Å². The number of amides is 1. The van der Waals surface area contributed by atoms with Crippen molar-refractivity contribution in [2.45, 2.75) is 33.1 Å². The summed E-state index contributed by atoms with van der Waals surface area (Å²) < 4.78 is 5.90. The van der Waals surface area contributed by atoms with E-state index in [4.69, 9.17) is 4.52 Å². The molecular formula is C14H16BrN3O2. The molecule has 1 atom stereocenters. The highest BCUT2D eigenvalue weighted by atomic mass is 79.9. The van der Waals surface area contributed by atoms with Gasteiger partial charge in [-0.25, -0.2) is 4.98 Å². The molecule has 106 valence electrons. The molecule has 1 N–H and O–H groups in total. The number of nitrogens with zero attached hydrogens (tertiary/aromatic N) is 2. The second kappa shape index (κ2) is 6.17. The van der Waals surface area contributed by atoms with Crippen LogP contribution in [0.15, 0.2) is 27.3 Å². The van der Waals surface area contributed by atoms with E-state index in [0.29, 0.717) is 18.0 Å². The van der Waals surface area contributed by atoms with Crippen LogP contribution in [-0.4, -0.2) is 16.0 Å². The first kappa shape index (κ1) is 14.7. The summed E-state index contributed by atoms with van der Waals surface area (Å²) in [4.78, 5) is 16.6. The molecule has 0 spiro atoms. The summed E-state index contributed by atoms with van der Waals surface area (Å²) in [6.07, 6.45) is 2.30. The van der Waals surface area contributed by atoms with Crippen LogP contribution in [0.4, 0.5) is 5.82 Å². The van der Waals surface area contributed by atoms with Crippen molar-refractivity contribution in [3.8, 4) is 0 Å². The predicted octanol–water partition coefficient (Wildman–Crippen LogP) is 3.58. The lowest BCUT2D eigenvalue weighted by Crippen LogP contribution is -2.22. The molecule has 2 rings (SSSR count). The lowest BCUT2D eigenvalue weighted by Gasteiger charge is -2.15. The van der Waals surface area contributed by atoms with Gasteiger partial charge in [-0.3, -0.25) is 4.79 Å². The number of pyridine rings is 1. The van der Waals surface area contributed by atoms with Crippen LogP contribution in [0.25, 0.3) is 0 Å². The topological polar surface area (TPSA) is 68.0 Å². The van der Waals surface area contributed by atoms with Crippen LogP contribution in [0.2, 0.25) is 0 Å². The molecule has 0 radical (unpaired) electrons. The van der Waals surface area contributed by atoms with Crippen LogP contribution in [0.5, 0.6) is 0 Å². The molecule has 0 saturated carbocycles. The van der Waals surface area contributed by atoms with E-state index in [-0.39, 0.29) is 11.8 Å². The van der Waals surface area contributed by atoms with Crippen molar-refractivity contribution < 1.29 is 9.32 Å². The van der Waals surface area contributed by atoms with Gasteiger partial charge < -0.3 is 9.84 Å². The molecule has 0 aliphatic carbocycles. The first-order valence-electron chi connectivity index (χ1n) is 6.38. The summed E-state index contributed by atoms with van der Waals surface area (Å²) in [6, 6.07) is 3.63. The third-order valence-electron chi connectivity index (χ3n) is 3.16. The van der Waals surface area contributed by atoms with Crippen molar-refractivity contribution in [2.75, 3.05) is 5.32 Å². The second-order valence-corrected chi connectivity index (χ2v) is 5.38. The lowest BCUT2D eigenvalue weighted by atomic mass is 9.94. The third kappa shape index (κ3) is 2.90. The van der Waals surface area contributed by atoms with Crippen molar-refractivity contribution in [1.29, 1.82) is 0 Å². The van der Waals surface area contributed by atoms with Gasteiger partial charge in [0.15, 0.2) is 0 Å². The number of halogens is 1. The minimum Gasteiger partial charge on any atom is -0.361 e. The number of carbonyl (C=O) groups excluding carboxylic acids is 1. The Labute approximate surface area is 125 Å². The van der Waals surface area contributed by atoms with Gasteiger partial charge in [0.1, 0.15) is 11.6 Å². The zero-order valence-corrected chi connectivity index (χ0v) is 13.2. The molecular weight excluding hydrogens is 322 g/mol. The van der Waals surface area contributed by atoms with Crippen molar-refractivity contribution in [2.24, 2.45) is 0 Å². The fraction of sp³-hybridized carbons (Fsp3) is 0.357. The highest BCUT2D eigenvalue weighted by molar-refractivity contribution is 9.10. The molecule has 1 amide bonds. The van der Waals surface area contributed by atoms with Crippen LogP contribution in [0, 0.1) is 13.8 Å². The number of anilines is 1. The maximum absolute atomic E-state index is 12.5. The van der Waals surface area contributed by atoms with Crippen molar-refractivity contribution in [1.82, 2.24) is 10.1 Å². The molecule has 5 nitrogen and oxygen atoms in total. The van der Waals surface area contributed by atoms with Crippen LogP contribution in [-0.2, 0) is 4.79 Å². The van der Waals surface area contributed by atoms with Gasteiger partial charge in [-0.05, 0) is 48.3 Å². The van der Waals surface area contributed by atoms with E-state index in [1.165, 1.54) is 0 Å². The minimum atomic E-state index is -0.296. The first-order chi connectivity index (χ1) is 9.54. The van der Waals surface area contributed by atoms with E-state index in [9.17, 15) is 4.79 Å². The van der Waals surface area contributed by atoms with Gasteiger partial charge in [-0.2, -0.15) is 0 Å². The standard InChI is InChI=1S/C14H16BrN3O2/c1-4-10(12-8(2)18-20-9(12)3)14(19)17-13-11(15)6-5-7-16-13/h5-7,10H,4H2,1-3H3,(H,16,17,19). The summed E-state index contributed by atoms with van der Waals surface area (Å²) in [6.45, 7) is 5.63. The van der Waals surface area contributed by atoms with Gasteiger partial charge >= 0.3 is 0 Å². The molecule has 0 bridgehead atoms. The predicted molar refractivity (Wildman–Crippen MR) is 79.6 cm³/mol. The number of hydrogen-bond acceptors (Lipinski definition) is 4. The number of rotatable bonds is 4. The molecule has 20 heavy (non-hydrogen) atoms. The third-order valence-corrected chi connectivity index (χ3v) is 3.80. The van der Waals surface area contributed by atoms with Crippen LogP contribution in [0.3, 0.4) is 0 Å². The molecule has 0 saturated heterocycles. The van der Waals surface area contributed by atoms with E-state index in [1.807, 2.05) is 26.8 Å². The van der Waals surface area contributed by atoms with Gasteiger partial charge in [-0.1, -0.05) is 12.1 Å². The smallest absolute Gasteiger partial charge is 0.233 e. The fourth-order valence-electron chi connectivity index (χ4n) is 2.19. The van der Waals surface area contributed by atoms with Gasteiger partial charge in [0.2, 0.25) is 5.91 Å². The molecule has 2 aromatic heterocycles. The zero-order chi connectivity index (χ0) is 14.7. The van der Waals surface area contributed by atoms with Crippen molar-refractivity contribution in [3.63, 3.8) is 0 Å². The monoisotopic (exact) mass is 337 g/mol. The number of aryl methyl sites for hydroxylation is 2. The number of nitrogens with one attached hydrogen (secondary N) is 1. The van der Waals surface area contributed by atoms with Gasteiger partial charge in [0.05, 0.1) is 16.1 Å². The van der Waals surface area contributed by atoms with Gasteiger partial charge in [-0.15, -0.1) is 0 Å². The molecule has 2 aromatic rings. The number of hydrogen-bond donors (Lipinski definition) is 1. The minimum absolute atomic E-state index is 0.110. The summed E-state index contributed by atoms with van der Waals surface area (Å²) in [5.74, 6) is 0.795. The Morgan fingerprint density at radius 2 is 2.25 bits per heavy atom. The Morgan fingerprint density at radius 3 is 2.80 bits per heavy atom. The van der Waals surface area contributed by atoms with Crippen molar-refractivity contribution >= 4 is 27.7 Å². The Balaban J connectivity index is 2.25. The van der Waals surface area contributed by atoms with Gasteiger partial charge in [0, 0.05) is 11.8 Å². The first-order valence-corrected chi connectivity index (χ1v) is 7.18. The fourth-order valence-corrected chi connectivity index (χ4v) is 2.54. The quantitative estimate of drug-likeness (QED) is 0.925. The SMILES string of the molecule is CCC(C(=O)Nc1ncccc1Br)c1c(C)noc1C. The van der Waals surface area contributed by atoms with E-state index in [1.54, 1.807) is 12.3 Å². The van der Waals surface area contributed by atoms with Crippen LogP contribution >= 0.6 is 15.9 Å². The lowest BCUT2D eigenvalue weighted by molar-refractivity contribution is -0.117. The van der Waals surface area contributed by atoms with E-state index < -0.39 is 0 Å². The maximum atomic E-state index is 12.5.